The van der Waals surface area contributed by atoms with Gasteiger partial charge in [0.2, 0.25) is 0 Å². The van der Waals surface area contributed by atoms with Crippen molar-refractivity contribution in [2.45, 2.75) is 44.1 Å². The van der Waals surface area contributed by atoms with E-state index in [2.05, 4.69) is 4.98 Å². The van der Waals surface area contributed by atoms with Crippen molar-refractivity contribution in [3.8, 4) is 0 Å². The van der Waals surface area contributed by atoms with Gasteiger partial charge in [-0.15, -0.1) is 0 Å². The van der Waals surface area contributed by atoms with E-state index in [1.54, 1.807) is 6.20 Å². The highest BCUT2D eigenvalue weighted by Crippen LogP contribution is 2.45. The number of pyridine rings is 1. The van der Waals surface area contributed by atoms with E-state index in [0.29, 0.717) is 0 Å². The third-order valence-corrected chi connectivity index (χ3v) is 4.31. The van der Waals surface area contributed by atoms with Crippen molar-refractivity contribution in [2.24, 2.45) is 5.92 Å². The molecule has 3 heteroatoms. The number of nitrogens with zero attached hydrogens (tertiary/aromatic N) is 1. The molecule has 1 saturated carbocycles. The highest BCUT2D eigenvalue weighted by Gasteiger charge is 2.42. The first-order valence-corrected chi connectivity index (χ1v) is 6.60. The number of nitrogen functional groups attached to an aromatic ring is 1. The molecule has 1 saturated heterocycles. The number of rotatable bonds is 2. The first-order valence-electron chi connectivity index (χ1n) is 6.60. The topological polar surface area (TPSA) is 48.1 Å². The Morgan fingerprint density at radius 2 is 2.35 bits per heavy atom. The third kappa shape index (κ3) is 2.16. The predicted octanol–water partition coefficient (Wildman–Crippen LogP) is 2.56. The van der Waals surface area contributed by atoms with Gasteiger partial charge in [0, 0.05) is 24.7 Å². The van der Waals surface area contributed by atoms with E-state index < -0.39 is 0 Å². The lowest BCUT2D eigenvalue weighted by molar-refractivity contribution is -0.143. The lowest BCUT2D eigenvalue weighted by atomic mass is 9.71. The average Bonchev–Trinajstić information content (AvgIpc) is 2.31. The summed E-state index contributed by atoms with van der Waals surface area (Å²) < 4.78 is 5.95. The van der Waals surface area contributed by atoms with Crippen LogP contribution in [0.2, 0.25) is 0 Å². The fourth-order valence-corrected chi connectivity index (χ4v) is 3.14. The summed E-state index contributed by atoms with van der Waals surface area (Å²) in [4.78, 5) is 4.17. The fraction of sp³-hybridized carbons (Fsp3) is 0.643. The Hall–Kier alpha value is -1.09. The van der Waals surface area contributed by atoms with Gasteiger partial charge in [0.25, 0.3) is 0 Å². The summed E-state index contributed by atoms with van der Waals surface area (Å²) in [6.45, 7) is 0.921. The standard InChI is InChI=1S/C14H20N2O/c15-13-2-6-16-10-12(13)8-11-3-7-17-14(9-11)4-1-5-14/h2,6,10-11H,1,3-5,7-9H2,(H2,15,16). The molecule has 2 N–H and O–H groups in total. The van der Waals surface area contributed by atoms with E-state index in [0.717, 1.165) is 31.1 Å². The molecule has 1 aromatic rings. The number of hydrogen-bond acceptors (Lipinski definition) is 3. The van der Waals surface area contributed by atoms with Crippen molar-refractivity contribution >= 4 is 5.69 Å². The molecule has 2 heterocycles. The van der Waals surface area contributed by atoms with Crippen molar-refractivity contribution in [3.05, 3.63) is 24.0 Å². The van der Waals surface area contributed by atoms with Crippen LogP contribution in [0.3, 0.4) is 0 Å². The Bertz CT molecular complexity index is 401. The van der Waals surface area contributed by atoms with Gasteiger partial charge in [-0.2, -0.15) is 0 Å². The largest absolute Gasteiger partial charge is 0.398 e. The summed E-state index contributed by atoms with van der Waals surface area (Å²) >= 11 is 0. The van der Waals surface area contributed by atoms with Gasteiger partial charge in [-0.25, -0.2) is 0 Å². The minimum atomic E-state index is 0.236. The maximum Gasteiger partial charge on any atom is 0.0685 e. The van der Waals surface area contributed by atoms with Gasteiger partial charge < -0.3 is 10.5 Å². The Morgan fingerprint density at radius 3 is 3.06 bits per heavy atom. The second-order valence-electron chi connectivity index (χ2n) is 5.52. The summed E-state index contributed by atoms with van der Waals surface area (Å²) in [5.74, 6) is 0.718. The third-order valence-electron chi connectivity index (χ3n) is 4.31. The van der Waals surface area contributed by atoms with Gasteiger partial charge in [0.05, 0.1) is 5.60 Å². The first kappa shape index (κ1) is 11.0. The molecule has 1 atom stereocenters. The van der Waals surface area contributed by atoms with Gasteiger partial charge in [0.1, 0.15) is 0 Å². The Kier molecular flexibility index (Phi) is 2.79. The molecule has 0 aromatic carbocycles. The molecule has 3 rings (SSSR count). The maximum absolute atomic E-state index is 5.98. The van der Waals surface area contributed by atoms with Crippen LogP contribution in [-0.2, 0) is 11.2 Å². The number of hydrogen-bond donors (Lipinski definition) is 1. The summed E-state index contributed by atoms with van der Waals surface area (Å²) in [6.07, 6.45) is 11.0. The predicted molar refractivity (Wildman–Crippen MR) is 67.6 cm³/mol. The molecule has 0 radical (unpaired) electrons. The summed E-state index contributed by atoms with van der Waals surface area (Å²) in [6, 6.07) is 1.90. The normalized spacial score (nSPS) is 26.7. The van der Waals surface area contributed by atoms with E-state index >= 15 is 0 Å². The van der Waals surface area contributed by atoms with Crippen LogP contribution in [0.25, 0.3) is 0 Å². The lowest BCUT2D eigenvalue weighted by Gasteiger charge is -2.47. The molecule has 1 aliphatic carbocycles. The van der Waals surface area contributed by atoms with Crippen molar-refractivity contribution in [1.29, 1.82) is 0 Å². The fourth-order valence-electron chi connectivity index (χ4n) is 3.14. The van der Waals surface area contributed by atoms with Gasteiger partial charge in [-0.1, -0.05) is 0 Å². The van der Waals surface area contributed by atoms with Crippen LogP contribution in [0, 0.1) is 5.92 Å². The molecule has 0 amide bonds. The molecule has 92 valence electrons. The van der Waals surface area contributed by atoms with Gasteiger partial charge in [-0.05, 0) is 56.1 Å². The number of ether oxygens (including phenoxy) is 1. The van der Waals surface area contributed by atoms with E-state index in [4.69, 9.17) is 10.5 Å². The molecule has 1 spiro atoms. The summed E-state index contributed by atoms with van der Waals surface area (Å²) in [7, 11) is 0. The molecule has 1 unspecified atom stereocenters. The molecule has 2 fully saturated rings. The molecule has 1 aliphatic heterocycles. The molecular formula is C14H20N2O. The SMILES string of the molecule is Nc1ccncc1CC1CCOC2(CCC2)C1. The monoisotopic (exact) mass is 232 g/mol. The van der Waals surface area contributed by atoms with Crippen molar-refractivity contribution in [1.82, 2.24) is 4.98 Å². The maximum atomic E-state index is 5.98. The molecule has 2 aliphatic rings. The van der Waals surface area contributed by atoms with Crippen LogP contribution in [0.5, 0.6) is 0 Å². The van der Waals surface area contributed by atoms with Gasteiger partial charge in [-0.3, -0.25) is 4.98 Å². The van der Waals surface area contributed by atoms with Crippen molar-refractivity contribution in [2.75, 3.05) is 12.3 Å². The van der Waals surface area contributed by atoms with Crippen LogP contribution in [0.15, 0.2) is 18.5 Å². The minimum Gasteiger partial charge on any atom is -0.398 e. The van der Waals surface area contributed by atoms with Crippen LogP contribution >= 0.6 is 0 Å². The first-order chi connectivity index (χ1) is 8.27. The number of anilines is 1. The average molecular weight is 232 g/mol. The van der Waals surface area contributed by atoms with Crippen LogP contribution < -0.4 is 5.73 Å². The van der Waals surface area contributed by atoms with Crippen LogP contribution in [-0.4, -0.2) is 17.2 Å². The molecular weight excluding hydrogens is 212 g/mol. The summed E-state index contributed by atoms with van der Waals surface area (Å²) in [5, 5.41) is 0. The quantitative estimate of drug-likeness (QED) is 0.852. The van der Waals surface area contributed by atoms with E-state index in [1.807, 2.05) is 12.3 Å². The smallest absolute Gasteiger partial charge is 0.0685 e. The zero-order valence-corrected chi connectivity index (χ0v) is 10.2. The molecule has 0 bridgehead atoms. The van der Waals surface area contributed by atoms with E-state index in [-0.39, 0.29) is 5.60 Å². The number of nitrogens with two attached hydrogens (primary N) is 1. The Labute approximate surface area is 102 Å². The van der Waals surface area contributed by atoms with Gasteiger partial charge in [0.15, 0.2) is 0 Å². The minimum absolute atomic E-state index is 0.236. The molecule has 17 heavy (non-hydrogen) atoms. The highest BCUT2D eigenvalue weighted by atomic mass is 16.5. The molecule has 3 nitrogen and oxygen atoms in total. The zero-order chi connectivity index (χ0) is 11.7. The second kappa shape index (κ2) is 4.30. The zero-order valence-electron chi connectivity index (χ0n) is 10.2. The second-order valence-corrected chi connectivity index (χ2v) is 5.52. The van der Waals surface area contributed by atoms with Crippen molar-refractivity contribution in [3.63, 3.8) is 0 Å². The van der Waals surface area contributed by atoms with E-state index in [9.17, 15) is 0 Å². The Balaban J connectivity index is 1.67. The Morgan fingerprint density at radius 1 is 1.47 bits per heavy atom. The van der Waals surface area contributed by atoms with Crippen molar-refractivity contribution < 1.29 is 4.74 Å². The number of aromatic nitrogens is 1. The van der Waals surface area contributed by atoms with Gasteiger partial charge >= 0.3 is 0 Å². The highest BCUT2D eigenvalue weighted by molar-refractivity contribution is 5.44. The summed E-state index contributed by atoms with van der Waals surface area (Å²) in [5.41, 5.74) is 8.30. The van der Waals surface area contributed by atoms with Crippen LogP contribution in [0.4, 0.5) is 5.69 Å². The van der Waals surface area contributed by atoms with Crippen LogP contribution in [0.1, 0.15) is 37.7 Å². The van der Waals surface area contributed by atoms with E-state index in [1.165, 1.54) is 31.2 Å². The lowest BCUT2D eigenvalue weighted by Crippen LogP contribution is -2.45. The molecule has 1 aromatic heterocycles.